The van der Waals surface area contributed by atoms with Crippen molar-refractivity contribution in [1.82, 2.24) is 9.88 Å². The van der Waals surface area contributed by atoms with E-state index in [0.29, 0.717) is 11.1 Å². The highest BCUT2D eigenvalue weighted by atomic mass is 32.1. The van der Waals surface area contributed by atoms with E-state index in [9.17, 15) is 4.79 Å². The van der Waals surface area contributed by atoms with Crippen molar-refractivity contribution in [1.29, 1.82) is 0 Å². The quantitative estimate of drug-likeness (QED) is 0.644. The molecule has 2 aromatic rings. The number of ether oxygens (including phenoxy) is 2. The maximum Gasteiger partial charge on any atom is 0.274 e. The summed E-state index contributed by atoms with van der Waals surface area (Å²) in [4.78, 5) is 19.4. The summed E-state index contributed by atoms with van der Waals surface area (Å²) in [5.41, 5.74) is 0.936. The fourth-order valence-corrected chi connectivity index (χ4v) is 4.65. The summed E-state index contributed by atoms with van der Waals surface area (Å²) in [6, 6.07) is 5.86. The van der Waals surface area contributed by atoms with Crippen molar-refractivity contribution in [2.24, 2.45) is 5.92 Å². The number of benzene rings is 1. The van der Waals surface area contributed by atoms with Gasteiger partial charge in [-0.1, -0.05) is 38.0 Å². The number of thiazole rings is 1. The lowest BCUT2D eigenvalue weighted by molar-refractivity contribution is -0.137. The molecule has 1 aliphatic heterocycles. The summed E-state index contributed by atoms with van der Waals surface area (Å²) in [5.74, 6) is 1.36. The number of likely N-dealkylation sites (tertiary alicyclic amines) is 1. The van der Waals surface area contributed by atoms with Crippen LogP contribution in [0.15, 0.2) is 18.2 Å². The zero-order valence-corrected chi connectivity index (χ0v) is 17.4. The lowest BCUT2D eigenvalue weighted by Gasteiger charge is -2.34. The predicted octanol–water partition coefficient (Wildman–Crippen LogP) is 4.89. The van der Waals surface area contributed by atoms with Crippen LogP contribution in [0, 0.1) is 5.92 Å². The fraction of sp³-hybridized carbons (Fsp3) is 0.619. The van der Waals surface area contributed by atoms with Gasteiger partial charge in [0.1, 0.15) is 11.9 Å². The van der Waals surface area contributed by atoms with Crippen LogP contribution < -0.4 is 9.47 Å². The Kier molecular flexibility index (Phi) is 6.94. The van der Waals surface area contributed by atoms with Crippen molar-refractivity contribution in [3.63, 3.8) is 0 Å². The van der Waals surface area contributed by atoms with Gasteiger partial charge < -0.3 is 14.4 Å². The summed E-state index contributed by atoms with van der Waals surface area (Å²) in [6.07, 6.45) is 6.01. The summed E-state index contributed by atoms with van der Waals surface area (Å²) in [7, 11) is 1.67. The molecule has 0 atom stereocenters. The van der Waals surface area contributed by atoms with Gasteiger partial charge in [0, 0.05) is 31.8 Å². The third-order valence-corrected chi connectivity index (χ3v) is 6.13. The molecule has 0 radical (unpaired) electrons. The molecule has 5 nitrogen and oxygen atoms in total. The molecule has 0 unspecified atom stereocenters. The smallest absolute Gasteiger partial charge is 0.274 e. The first-order valence-electron chi connectivity index (χ1n) is 10.0. The van der Waals surface area contributed by atoms with Crippen molar-refractivity contribution in [2.75, 3.05) is 20.2 Å². The molecule has 0 N–H and O–H groups in total. The summed E-state index contributed by atoms with van der Waals surface area (Å²) >= 11 is 1.55. The first kappa shape index (κ1) is 19.9. The van der Waals surface area contributed by atoms with E-state index < -0.39 is 0 Å². The van der Waals surface area contributed by atoms with Crippen LogP contribution in [0.25, 0.3) is 10.2 Å². The molecule has 0 aliphatic carbocycles. The minimum Gasteiger partial charge on any atom is -0.497 e. The largest absolute Gasteiger partial charge is 0.497 e. The minimum absolute atomic E-state index is 0.132. The van der Waals surface area contributed by atoms with Gasteiger partial charge >= 0.3 is 0 Å². The van der Waals surface area contributed by atoms with Gasteiger partial charge in [-0.25, -0.2) is 4.98 Å². The third-order valence-electron chi connectivity index (χ3n) is 5.22. The molecule has 6 heteroatoms. The first-order valence-corrected chi connectivity index (χ1v) is 10.9. The van der Waals surface area contributed by atoms with Crippen molar-refractivity contribution in [3.05, 3.63) is 18.2 Å². The molecular weight excluding hydrogens is 360 g/mol. The van der Waals surface area contributed by atoms with Crippen LogP contribution in [-0.4, -0.2) is 42.1 Å². The van der Waals surface area contributed by atoms with Crippen LogP contribution in [0.3, 0.4) is 0 Å². The number of hydrogen-bond donors (Lipinski definition) is 0. The highest BCUT2D eigenvalue weighted by molar-refractivity contribution is 7.20. The van der Waals surface area contributed by atoms with E-state index >= 15 is 0 Å². The van der Waals surface area contributed by atoms with Crippen LogP contribution >= 0.6 is 11.3 Å². The number of aromatic nitrogens is 1. The Labute approximate surface area is 165 Å². The van der Waals surface area contributed by atoms with Gasteiger partial charge in [-0.3, -0.25) is 4.79 Å². The third kappa shape index (κ3) is 4.92. The Morgan fingerprint density at radius 1 is 1.26 bits per heavy atom. The Hall–Kier alpha value is -1.82. The van der Waals surface area contributed by atoms with Crippen molar-refractivity contribution in [2.45, 2.75) is 58.5 Å². The molecule has 148 valence electrons. The lowest BCUT2D eigenvalue weighted by Crippen LogP contribution is -2.44. The fourth-order valence-electron chi connectivity index (χ4n) is 3.74. The van der Waals surface area contributed by atoms with Crippen molar-refractivity contribution >= 4 is 27.5 Å². The molecule has 0 spiro atoms. The normalized spacial score (nSPS) is 15.5. The average Bonchev–Trinajstić information content (AvgIpc) is 3.09. The summed E-state index contributed by atoms with van der Waals surface area (Å²) < 4.78 is 12.5. The van der Waals surface area contributed by atoms with E-state index in [2.05, 4.69) is 18.8 Å². The summed E-state index contributed by atoms with van der Waals surface area (Å²) in [6.45, 7) is 5.88. The van der Waals surface area contributed by atoms with Crippen LogP contribution in [-0.2, 0) is 4.79 Å². The Morgan fingerprint density at radius 2 is 1.96 bits per heavy atom. The second-order valence-corrected chi connectivity index (χ2v) is 8.22. The molecule has 2 heterocycles. The molecule has 1 amide bonds. The zero-order chi connectivity index (χ0) is 19.2. The average molecular weight is 391 g/mol. The lowest BCUT2D eigenvalue weighted by atomic mass is 9.95. The molecule has 1 aliphatic rings. The Balaban J connectivity index is 1.55. The van der Waals surface area contributed by atoms with Crippen LogP contribution in [0.1, 0.15) is 52.4 Å². The van der Waals surface area contributed by atoms with E-state index in [1.807, 2.05) is 23.1 Å². The minimum atomic E-state index is 0.132. The number of nitrogens with zero attached hydrogens (tertiary/aromatic N) is 2. The van der Waals surface area contributed by atoms with Crippen molar-refractivity contribution < 1.29 is 14.3 Å². The Bertz CT molecular complexity index is 747. The number of carbonyl (C=O) groups excluding carboxylic acids is 1. The highest BCUT2D eigenvalue weighted by Gasteiger charge is 2.28. The molecule has 27 heavy (non-hydrogen) atoms. The second kappa shape index (κ2) is 9.40. The van der Waals surface area contributed by atoms with Gasteiger partial charge in [0.05, 0.1) is 17.3 Å². The molecule has 0 saturated carbocycles. The molecule has 3 rings (SSSR count). The molecule has 1 fully saturated rings. The van der Waals surface area contributed by atoms with Crippen LogP contribution in [0.5, 0.6) is 10.9 Å². The highest BCUT2D eigenvalue weighted by Crippen LogP contribution is 2.32. The number of fused-ring (bicyclic) bond motifs is 1. The van der Waals surface area contributed by atoms with E-state index in [1.54, 1.807) is 18.4 Å². The Morgan fingerprint density at radius 3 is 2.59 bits per heavy atom. The van der Waals surface area contributed by atoms with Gasteiger partial charge in [0.25, 0.3) is 5.19 Å². The number of carbonyl (C=O) groups is 1. The maximum absolute atomic E-state index is 12.8. The molecule has 1 aromatic carbocycles. The summed E-state index contributed by atoms with van der Waals surface area (Å²) in [5, 5.41) is 0.706. The molecule has 0 bridgehead atoms. The topological polar surface area (TPSA) is 51.7 Å². The van der Waals surface area contributed by atoms with E-state index in [1.165, 1.54) is 0 Å². The molecule has 1 aromatic heterocycles. The number of amides is 1. The number of rotatable bonds is 8. The van der Waals surface area contributed by atoms with Gasteiger partial charge in [-0.2, -0.15) is 0 Å². The standard InChI is InChI=1S/C21H30N2O3S/c1-4-6-15(7-5-2)20(24)23-12-10-16(11-13-23)26-21-22-18-9-8-17(25-3)14-19(18)27-21/h8-9,14-16H,4-7,10-13H2,1-3H3. The monoisotopic (exact) mass is 390 g/mol. The van der Waals surface area contributed by atoms with E-state index in [0.717, 1.165) is 67.6 Å². The first-order chi connectivity index (χ1) is 13.1. The van der Waals surface area contributed by atoms with Gasteiger partial charge in [-0.15, -0.1) is 0 Å². The van der Waals surface area contributed by atoms with E-state index in [-0.39, 0.29) is 12.0 Å². The van der Waals surface area contributed by atoms with Gasteiger partial charge in [-0.05, 0) is 31.0 Å². The number of hydrogen-bond acceptors (Lipinski definition) is 5. The van der Waals surface area contributed by atoms with E-state index in [4.69, 9.17) is 9.47 Å². The predicted molar refractivity (Wildman–Crippen MR) is 110 cm³/mol. The SMILES string of the molecule is CCCC(CCC)C(=O)N1CCC(Oc2nc3ccc(OC)cc3s2)CC1. The van der Waals surface area contributed by atoms with Crippen LogP contribution in [0.4, 0.5) is 0 Å². The van der Waals surface area contributed by atoms with Crippen LogP contribution in [0.2, 0.25) is 0 Å². The second-order valence-electron chi connectivity index (χ2n) is 7.23. The zero-order valence-electron chi connectivity index (χ0n) is 16.6. The van der Waals surface area contributed by atoms with Gasteiger partial charge in [0.2, 0.25) is 5.91 Å². The number of methoxy groups -OCH3 is 1. The maximum atomic E-state index is 12.8. The van der Waals surface area contributed by atoms with Gasteiger partial charge in [0.15, 0.2) is 0 Å². The van der Waals surface area contributed by atoms with Crippen molar-refractivity contribution in [3.8, 4) is 10.9 Å². The molecular formula is C21H30N2O3S. The molecule has 1 saturated heterocycles. The number of piperidine rings is 1.